The topological polar surface area (TPSA) is 59.8 Å². The Labute approximate surface area is 135 Å². The van der Waals surface area contributed by atoms with Crippen LogP contribution in [0.1, 0.15) is 26.3 Å². The van der Waals surface area contributed by atoms with Crippen molar-refractivity contribution in [3.05, 3.63) is 46.3 Å². The minimum Gasteiger partial charge on any atom is -0.463 e. The van der Waals surface area contributed by atoms with Gasteiger partial charge in [0.05, 0.1) is 12.2 Å². The van der Waals surface area contributed by atoms with Crippen molar-refractivity contribution in [3.63, 3.8) is 0 Å². The van der Waals surface area contributed by atoms with Crippen LogP contribution in [0, 0.1) is 0 Å². The number of esters is 1. The number of nitrogens with zero attached hydrogens (tertiary/aromatic N) is 1. The first-order chi connectivity index (χ1) is 11.1. The van der Waals surface area contributed by atoms with Crippen LogP contribution < -0.4 is 10.5 Å². The van der Waals surface area contributed by atoms with Crippen molar-refractivity contribution in [2.45, 2.75) is 20.8 Å². The van der Waals surface area contributed by atoms with E-state index < -0.39 is 11.6 Å². The highest BCUT2D eigenvalue weighted by Gasteiger charge is 2.07. The van der Waals surface area contributed by atoms with E-state index >= 15 is 0 Å². The quantitative estimate of drug-likeness (QED) is 0.465. The first kappa shape index (κ1) is 16.8. The van der Waals surface area contributed by atoms with Crippen LogP contribution in [0.4, 0.5) is 5.69 Å². The van der Waals surface area contributed by atoms with Gasteiger partial charge in [-0.05, 0) is 45.0 Å². The van der Waals surface area contributed by atoms with Crippen molar-refractivity contribution in [2.75, 3.05) is 24.6 Å². The summed E-state index contributed by atoms with van der Waals surface area (Å²) >= 11 is 0. The molecule has 0 atom stereocenters. The Morgan fingerprint density at radius 3 is 2.61 bits per heavy atom. The fourth-order valence-corrected chi connectivity index (χ4v) is 2.37. The largest absolute Gasteiger partial charge is 0.463 e. The minimum atomic E-state index is -0.483. The monoisotopic (exact) mass is 315 g/mol. The molecule has 122 valence electrons. The molecule has 0 N–H and O–H groups in total. The lowest BCUT2D eigenvalue weighted by atomic mass is 10.1. The van der Waals surface area contributed by atoms with E-state index in [1.54, 1.807) is 13.0 Å². The van der Waals surface area contributed by atoms with Gasteiger partial charge in [-0.3, -0.25) is 0 Å². The Hall–Kier alpha value is -2.56. The molecular formula is C18H21NO4. The molecule has 0 aliphatic rings. The molecule has 23 heavy (non-hydrogen) atoms. The second kappa shape index (κ2) is 7.63. The summed E-state index contributed by atoms with van der Waals surface area (Å²) in [5, 5.41) is 0.809. The molecule has 1 aromatic heterocycles. The summed E-state index contributed by atoms with van der Waals surface area (Å²) in [7, 11) is 0. The third kappa shape index (κ3) is 4.00. The maximum Gasteiger partial charge on any atom is 0.343 e. The maximum absolute atomic E-state index is 12.0. The predicted octanol–water partition coefficient (Wildman–Crippen LogP) is 3.22. The predicted molar refractivity (Wildman–Crippen MR) is 91.7 cm³/mol. The number of hydrogen-bond donors (Lipinski definition) is 0. The Kier molecular flexibility index (Phi) is 5.57. The van der Waals surface area contributed by atoms with E-state index in [1.807, 2.05) is 18.2 Å². The molecule has 0 spiro atoms. The minimum absolute atomic E-state index is 0.295. The van der Waals surface area contributed by atoms with E-state index in [2.05, 4.69) is 18.7 Å². The molecular weight excluding hydrogens is 294 g/mol. The number of benzene rings is 1. The smallest absolute Gasteiger partial charge is 0.343 e. The highest BCUT2D eigenvalue weighted by molar-refractivity contribution is 5.88. The van der Waals surface area contributed by atoms with Gasteiger partial charge >= 0.3 is 11.6 Å². The van der Waals surface area contributed by atoms with Crippen LogP contribution >= 0.6 is 0 Å². The van der Waals surface area contributed by atoms with Crippen LogP contribution in [0.2, 0.25) is 0 Å². The lowest BCUT2D eigenvalue weighted by Crippen LogP contribution is -2.21. The SMILES string of the molecule is CCOC(=O)C=Cc1cc2ccc(N(CC)CC)cc2oc1=O. The number of fused-ring (bicyclic) bond motifs is 1. The average molecular weight is 315 g/mol. The van der Waals surface area contributed by atoms with Gasteiger partial charge in [0, 0.05) is 36.3 Å². The lowest BCUT2D eigenvalue weighted by Gasteiger charge is -2.20. The number of carbonyl (C=O) groups is 1. The number of ether oxygens (including phenoxy) is 1. The molecule has 1 heterocycles. The molecule has 0 unspecified atom stereocenters. The molecule has 0 aliphatic carbocycles. The van der Waals surface area contributed by atoms with Gasteiger partial charge in [-0.2, -0.15) is 0 Å². The molecule has 0 amide bonds. The second-order valence-electron chi connectivity index (χ2n) is 4.97. The van der Waals surface area contributed by atoms with Gasteiger partial charge in [0.1, 0.15) is 5.58 Å². The summed E-state index contributed by atoms with van der Waals surface area (Å²) in [5.41, 5.74) is 1.39. The van der Waals surface area contributed by atoms with Crippen LogP contribution in [-0.4, -0.2) is 25.7 Å². The molecule has 5 nitrogen and oxygen atoms in total. The summed E-state index contributed by atoms with van der Waals surface area (Å²) in [6.45, 7) is 7.94. The number of hydrogen-bond acceptors (Lipinski definition) is 5. The first-order valence-electron chi connectivity index (χ1n) is 7.76. The van der Waals surface area contributed by atoms with Crippen molar-refractivity contribution in [3.8, 4) is 0 Å². The summed E-state index contributed by atoms with van der Waals surface area (Å²) in [4.78, 5) is 25.5. The molecule has 2 aromatic rings. The van der Waals surface area contributed by atoms with E-state index in [-0.39, 0.29) is 0 Å². The highest BCUT2D eigenvalue weighted by atomic mass is 16.5. The average Bonchev–Trinajstić information content (AvgIpc) is 2.54. The number of carbonyl (C=O) groups excluding carboxylic acids is 1. The number of anilines is 1. The highest BCUT2D eigenvalue weighted by Crippen LogP contribution is 2.22. The zero-order valence-corrected chi connectivity index (χ0v) is 13.7. The van der Waals surface area contributed by atoms with Crippen LogP contribution in [0.15, 0.2) is 39.6 Å². The molecule has 0 saturated carbocycles. The third-order valence-electron chi connectivity index (χ3n) is 3.56. The van der Waals surface area contributed by atoms with E-state index in [1.165, 1.54) is 12.2 Å². The fourth-order valence-electron chi connectivity index (χ4n) is 2.37. The van der Waals surface area contributed by atoms with Gasteiger partial charge in [-0.15, -0.1) is 0 Å². The van der Waals surface area contributed by atoms with E-state index in [9.17, 15) is 9.59 Å². The Morgan fingerprint density at radius 2 is 1.96 bits per heavy atom. The van der Waals surface area contributed by atoms with Crippen molar-refractivity contribution in [1.29, 1.82) is 0 Å². The summed E-state index contributed by atoms with van der Waals surface area (Å²) < 4.78 is 10.2. The Bertz CT molecular complexity index is 772. The van der Waals surface area contributed by atoms with Crippen molar-refractivity contribution in [2.24, 2.45) is 0 Å². The van der Waals surface area contributed by atoms with Crippen molar-refractivity contribution >= 4 is 28.7 Å². The van der Waals surface area contributed by atoms with Gasteiger partial charge in [0.2, 0.25) is 0 Å². The van der Waals surface area contributed by atoms with E-state index in [0.717, 1.165) is 24.2 Å². The molecule has 1 aromatic carbocycles. The van der Waals surface area contributed by atoms with Gasteiger partial charge < -0.3 is 14.1 Å². The standard InChI is InChI=1S/C18H21NO4/c1-4-19(5-2)15-9-7-13-11-14(8-10-17(20)22-6-3)18(21)23-16(13)12-15/h7-12H,4-6H2,1-3H3. The van der Waals surface area contributed by atoms with E-state index in [4.69, 9.17) is 9.15 Å². The fraction of sp³-hybridized carbons (Fsp3) is 0.333. The molecule has 0 radical (unpaired) electrons. The van der Waals surface area contributed by atoms with Gasteiger partial charge in [0.15, 0.2) is 0 Å². The summed E-state index contributed by atoms with van der Waals surface area (Å²) in [6.07, 6.45) is 2.65. The van der Waals surface area contributed by atoms with Crippen LogP contribution in [-0.2, 0) is 9.53 Å². The van der Waals surface area contributed by atoms with Gasteiger partial charge in [0.25, 0.3) is 0 Å². The molecule has 0 saturated heterocycles. The molecule has 5 heteroatoms. The van der Waals surface area contributed by atoms with Gasteiger partial charge in [-0.1, -0.05) is 0 Å². The van der Waals surface area contributed by atoms with Crippen LogP contribution in [0.5, 0.6) is 0 Å². The molecule has 0 bridgehead atoms. The molecule has 0 fully saturated rings. The maximum atomic E-state index is 12.0. The summed E-state index contributed by atoms with van der Waals surface area (Å²) in [5.74, 6) is -0.483. The van der Waals surface area contributed by atoms with Gasteiger partial charge in [-0.25, -0.2) is 9.59 Å². The van der Waals surface area contributed by atoms with E-state index in [0.29, 0.717) is 17.8 Å². The Morgan fingerprint density at radius 1 is 1.22 bits per heavy atom. The summed E-state index contributed by atoms with van der Waals surface area (Å²) in [6, 6.07) is 7.48. The van der Waals surface area contributed by atoms with Crippen molar-refractivity contribution in [1.82, 2.24) is 0 Å². The second-order valence-corrected chi connectivity index (χ2v) is 4.97. The third-order valence-corrected chi connectivity index (χ3v) is 3.56. The Balaban J connectivity index is 2.37. The number of rotatable bonds is 6. The normalized spacial score (nSPS) is 11.1. The zero-order chi connectivity index (χ0) is 16.8. The van der Waals surface area contributed by atoms with Crippen molar-refractivity contribution < 1.29 is 13.9 Å². The van der Waals surface area contributed by atoms with Crippen LogP contribution in [0.25, 0.3) is 17.0 Å². The first-order valence-corrected chi connectivity index (χ1v) is 7.76. The molecule has 0 aliphatic heterocycles. The molecule has 2 rings (SSSR count). The lowest BCUT2D eigenvalue weighted by molar-refractivity contribution is -0.137. The zero-order valence-electron chi connectivity index (χ0n) is 13.7. The van der Waals surface area contributed by atoms with Crippen LogP contribution in [0.3, 0.4) is 0 Å².